The van der Waals surface area contributed by atoms with Crippen molar-refractivity contribution in [1.82, 2.24) is 4.57 Å². The molecular weight excluding hydrogens is 520 g/mol. The van der Waals surface area contributed by atoms with Gasteiger partial charge < -0.3 is 9.47 Å². The van der Waals surface area contributed by atoms with Gasteiger partial charge in [-0.3, -0.25) is 9.36 Å². The maximum atomic E-state index is 13.8. The third kappa shape index (κ3) is 5.21. The molecule has 4 aromatic rings. The van der Waals surface area contributed by atoms with E-state index in [9.17, 15) is 9.59 Å². The SMILES string of the molecule is CCOC(=O)C1=C(C)N=c2s/c(=C\c3ccccc3OCc3ccccc3)c(=O)n2[C@H]1c1ccc(Cl)cc1. The summed E-state index contributed by atoms with van der Waals surface area (Å²) >= 11 is 7.40. The number of nitrogens with zero attached hydrogens (tertiary/aromatic N) is 2. The number of hydrogen-bond donors (Lipinski definition) is 0. The van der Waals surface area contributed by atoms with Crippen LogP contribution in [0.15, 0.2) is 99.9 Å². The molecule has 0 amide bonds. The molecule has 0 N–H and O–H groups in total. The number of carbonyl (C=O) groups is 1. The van der Waals surface area contributed by atoms with Gasteiger partial charge in [0.05, 0.1) is 28.5 Å². The first-order valence-electron chi connectivity index (χ1n) is 12.2. The molecule has 0 saturated carbocycles. The predicted octanol–water partition coefficient (Wildman–Crippen LogP) is 5.03. The Hall–Kier alpha value is -3.94. The zero-order valence-corrected chi connectivity index (χ0v) is 22.5. The van der Waals surface area contributed by atoms with Crippen molar-refractivity contribution in [3.8, 4) is 5.75 Å². The van der Waals surface area contributed by atoms with E-state index in [1.165, 1.54) is 11.3 Å². The fraction of sp³-hybridized carbons (Fsp3) is 0.167. The van der Waals surface area contributed by atoms with E-state index in [0.717, 1.165) is 16.7 Å². The molecule has 0 aliphatic carbocycles. The van der Waals surface area contributed by atoms with Crippen molar-refractivity contribution in [1.29, 1.82) is 0 Å². The van der Waals surface area contributed by atoms with E-state index < -0.39 is 12.0 Å². The molecule has 0 bridgehead atoms. The molecule has 0 spiro atoms. The molecule has 1 aromatic heterocycles. The Morgan fingerprint density at radius 2 is 1.76 bits per heavy atom. The minimum absolute atomic E-state index is 0.215. The van der Waals surface area contributed by atoms with Crippen molar-refractivity contribution < 1.29 is 14.3 Å². The molecule has 38 heavy (non-hydrogen) atoms. The Kier molecular flexibility index (Phi) is 7.58. The first-order chi connectivity index (χ1) is 18.5. The van der Waals surface area contributed by atoms with Gasteiger partial charge in [-0.25, -0.2) is 9.79 Å². The van der Waals surface area contributed by atoms with Crippen LogP contribution in [-0.2, 0) is 16.1 Å². The number of hydrogen-bond acceptors (Lipinski definition) is 6. The molecule has 2 heterocycles. The van der Waals surface area contributed by atoms with Gasteiger partial charge >= 0.3 is 5.97 Å². The minimum atomic E-state index is -0.686. The van der Waals surface area contributed by atoms with Crippen molar-refractivity contribution in [3.63, 3.8) is 0 Å². The lowest BCUT2D eigenvalue weighted by atomic mass is 9.96. The van der Waals surface area contributed by atoms with E-state index in [1.807, 2.05) is 72.8 Å². The highest BCUT2D eigenvalue weighted by atomic mass is 35.5. The van der Waals surface area contributed by atoms with Crippen LogP contribution in [0.4, 0.5) is 0 Å². The van der Waals surface area contributed by atoms with E-state index in [-0.39, 0.29) is 12.2 Å². The number of esters is 1. The Morgan fingerprint density at radius 1 is 1.05 bits per heavy atom. The van der Waals surface area contributed by atoms with Crippen LogP contribution in [0.1, 0.15) is 36.6 Å². The van der Waals surface area contributed by atoms with Crippen LogP contribution in [-0.4, -0.2) is 17.1 Å². The molecule has 5 rings (SSSR count). The van der Waals surface area contributed by atoms with Crippen LogP contribution in [0, 0.1) is 0 Å². The number of aromatic nitrogens is 1. The van der Waals surface area contributed by atoms with Crippen molar-refractivity contribution in [3.05, 3.63) is 132 Å². The number of ether oxygens (including phenoxy) is 2. The molecule has 0 radical (unpaired) electrons. The van der Waals surface area contributed by atoms with Gasteiger partial charge in [0.25, 0.3) is 5.56 Å². The number of thiazole rings is 1. The fourth-order valence-corrected chi connectivity index (χ4v) is 5.52. The highest BCUT2D eigenvalue weighted by Gasteiger charge is 2.33. The second-order valence-electron chi connectivity index (χ2n) is 8.67. The predicted molar refractivity (Wildman–Crippen MR) is 149 cm³/mol. The number of rotatable bonds is 7. The summed E-state index contributed by atoms with van der Waals surface area (Å²) in [7, 11) is 0. The molecule has 0 fully saturated rings. The number of halogens is 1. The zero-order valence-electron chi connectivity index (χ0n) is 20.9. The highest BCUT2D eigenvalue weighted by molar-refractivity contribution is 7.07. The quantitative estimate of drug-likeness (QED) is 0.306. The number of para-hydroxylation sites is 1. The largest absolute Gasteiger partial charge is 0.488 e. The van der Waals surface area contributed by atoms with Gasteiger partial charge in [-0.1, -0.05) is 83.6 Å². The lowest BCUT2D eigenvalue weighted by Gasteiger charge is -2.24. The summed E-state index contributed by atoms with van der Waals surface area (Å²) in [5, 5.41) is 0.562. The van der Waals surface area contributed by atoms with Crippen molar-refractivity contribution in [2.24, 2.45) is 4.99 Å². The lowest BCUT2D eigenvalue weighted by Crippen LogP contribution is -2.39. The number of carbonyl (C=O) groups excluding carboxylic acids is 1. The topological polar surface area (TPSA) is 69.9 Å². The van der Waals surface area contributed by atoms with E-state index in [0.29, 0.717) is 38.0 Å². The molecule has 1 aliphatic heterocycles. The van der Waals surface area contributed by atoms with Gasteiger partial charge in [0.2, 0.25) is 0 Å². The maximum Gasteiger partial charge on any atom is 0.338 e. The molecular formula is C30H25ClN2O4S. The van der Waals surface area contributed by atoms with Gasteiger partial charge in [-0.2, -0.15) is 0 Å². The fourth-order valence-electron chi connectivity index (χ4n) is 4.36. The Balaban J connectivity index is 1.61. The van der Waals surface area contributed by atoms with Crippen molar-refractivity contribution in [2.45, 2.75) is 26.5 Å². The van der Waals surface area contributed by atoms with Crippen molar-refractivity contribution >= 4 is 35.0 Å². The molecule has 0 saturated heterocycles. The van der Waals surface area contributed by atoms with E-state index >= 15 is 0 Å². The maximum absolute atomic E-state index is 13.8. The summed E-state index contributed by atoms with van der Waals surface area (Å²) in [6.07, 6.45) is 1.81. The highest BCUT2D eigenvalue weighted by Crippen LogP contribution is 2.31. The zero-order chi connectivity index (χ0) is 26.6. The monoisotopic (exact) mass is 544 g/mol. The van der Waals surface area contributed by atoms with Gasteiger partial charge in [0.1, 0.15) is 12.4 Å². The van der Waals surface area contributed by atoms with Crippen LogP contribution >= 0.6 is 22.9 Å². The average molecular weight is 545 g/mol. The summed E-state index contributed by atoms with van der Waals surface area (Å²) in [4.78, 5) is 32.0. The molecule has 3 aromatic carbocycles. The lowest BCUT2D eigenvalue weighted by molar-refractivity contribution is -0.139. The number of benzene rings is 3. The number of fused-ring (bicyclic) bond motifs is 1. The smallest absolute Gasteiger partial charge is 0.338 e. The molecule has 192 valence electrons. The van der Waals surface area contributed by atoms with E-state index in [1.54, 1.807) is 30.5 Å². The van der Waals surface area contributed by atoms with Crippen LogP contribution in [0.25, 0.3) is 6.08 Å². The van der Waals surface area contributed by atoms with Crippen LogP contribution in [0.2, 0.25) is 5.02 Å². The Morgan fingerprint density at radius 3 is 2.50 bits per heavy atom. The molecule has 8 heteroatoms. The summed E-state index contributed by atoms with van der Waals surface area (Å²) in [6, 6.07) is 23.9. The third-order valence-electron chi connectivity index (χ3n) is 6.15. The summed E-state index contributed by atoms with van der Waals surface area (Å²) in [5.74, 6) is 0.169. The van der Waals surface area contributed by atoms with Gasteiger partial charge in [0, 0.05) is 10.6 Å². The van der Waals surface area contributed by atoms with Crippen LogP contribution in [0.3, 0.4) is 0 Å². The van der Waals surface area contributed by atoms with Gasteiger partial charge in [-0.05, 0) is 49.2 Å². The summed E-state index contributed by atoms with van der Waals surface area (Å²) < 4.78 is 13.5. The van der Waals surface area contributed by atoms with E-state index in [2.05, 4.69) is 4.99 Å². The normalized spacial score (nSPS) is 15.1. The third-order valence-corrected chi connectivity index (χ3v) is 7.38. The van der Waals surface area contributed by atoms with Crippen LogP contribution in [0.5, 0.6) is 5.75 Å². The van der Waals surface area contributed by atoms with Crippen LogP contribution < -0.4 is 19.6 Å². The first-order valence-corrected chi connectivity index (χ1v) is 13.4. The van der Waals surface area contributed by atoms with Gasteiger partial charge in [-0.15, -0.1) is 0 Å². The molecule has 1 atom stereocenters. The molecule has 6 nitrogen and oxygen atoms in total. The average Bonchev–Trinajstić information content (AvgIpc) is 3.22. The first kappa shape index (κ1) is 25.7. The second kappa shape index (κ2) is 11.2. The Bertz CT molecular complexity index is 1690. The van der Waals surface area contributed by atoms with E-state index in [4.69, 9.17) is 21.1 Å². The summed E-state index contributed by atoms with van der Waals surface area (Å²) in [6.45, 7) is 4.13. The minimum Gasteiger partial charge on any atom is -0.488 e. The number of allylic oxidation sites excluding steroid dienone is 1. The van der Waals surface area contributed by atoms with Crippen molar-refractivity contribution in [2.75, 3.05) is 6.61 Å². The standard InChI is InChI=1S/C30H25ClN2O4S/c1-3-36-29(35)26-19(2)32-30-33(27(26)21-13-15-23(31)16-14-21)28(34)25(38-30)17-22-11-7-8-12-24(22)37-18-20-9-5-4-6-10-20/h4-17,27H,3,18H2,1-2H3/b25-17-/t27-/m0/s1. The second-order valence-corrected chi connectivity index (χ2v) is 10.1. The Labute approximate surface area is 228 Å². The molecule has 0 unspecified atom stereocenters. The summed E-state index contributed by atoms with van der Waals surface area (Å²) in [5.41, 5.74) is 3.17. The van der Waals surface area contributed by atoms with Gasteiger partial charge in [0.15, 0.2) is 4.80 Å². The molecule has 1 aliphatic rings.